The van der Waals surface area contributed by atoms with E-state index < -0.39 is 17.8 Å². The van der Waals surface area contributed by atoms with Crippen LogP contribution in [0.1, 0.15) is 28.9 Å². The van der Waals surface area contributed by atoms with E-state index in [1.54, 1.807) is 37.1 Å². The van der Waals surface area contributed by atoms with Crippen LogP contribution in [0.3, 0.4) is 0 Å². The van der Waals surface area contributed by atoms with E-state index in [9.17, 15) is 18.8 Å². The van der Waals surface area contributed by atoms with E-state index in [0.717, 1.165) is 0 Å². The maximum Gasteiger partial charge on any atom is 0.338 e. The summed E-state index contributed by atoms with van der Waals surface area (Å²) in [6, 6.07) is 9.59. The van der Waals surface area contributed by atoms with Crippen LogP contribution in [-0.2, 0) is 9.53 Å². The monoisotopic (exact) mass is 540 g/mol. The molecule has 0 aromatic heterocycles. The van der Waals surface area contributed by atoms with Crippen molar-refractivity contribution in [1.29, 1.82) is 0 Å². The van der Waals surface area contributed by atoms with Crippen molar-refractivity contribution in [2.75, 3.05) is 60.6 Å². The first-order valence-electron chi connectivity index (χ1n) is 12.7. The molecule has 10 nitrogen and oxygen atoms in total. The van der Waals surface area contributed by atoms with Crippen molar-refractivity contribution in [3.05, 3.63) is 70.7 Å². The lowest BCUT2D eigenvalue weighted by Gasteiger charge is -2.39. The molecule has 0 radical (unpaired) electrons. The number of urea groups is 1. The number of carbonyl (C=O) groups excluding carboxylic acids is 3. The molecule has 11 heteroatoms. The topological polar surface area (TPSA) is 101 Å². The number of piperazine rings is 1. The third kappa shape index (κ3) is 5.98. The van der Waals surface area contributed by atoms with Gasteiger partial charge >= 0.3 is 12.0 Å². The van der Waals surface area contributed by atoms with Crippen molar-refractivity contribution in [2.45, 2.75) is 13.0 Å². The molecule has 2 heterocycles. The average molecular weight is 541 g/mol. The molecule has 2 aliphatic heterocycles. The van der Waals surface area contributed by atoms with E-state index in [2.05, 4.69) is 10.2 Å². The third-order valence-corrected chi connectivity index (χ3v) is 6.94. The molecule has 0 spiro atoms. The fourth-order valence-corrected chi connectivity index (χ4v) is 4.78. The minimum Gasteiger partial charge on any atom is -0.493 e. The first-order chi connectivity index (χ1) is 18.8. The lowest BCUT2D eigenvalue weighted by Crippen LogP contribution is -2.53. The summed E-state index contributed by atoms with van der Waals surface area (Å²) in [6.07, 6.45) is 0. The zero-order valence-electron chi connectivity index (χ0n) is 22.5. The van der Waals surface area contributed by atoms with E-state index in [-0.39, 0.29) is 18.5 Å². The van der Waals surface area contributed by atoms with Gasteiger partial charge in [-0.05, 0) is 48.9 Å². The second kappa shape index (κ2) is 12.2. The zero-order valence-corrected chi connectivity index (χ0v) is 22.5. The number of methoxy groups -OCH3 is 2. The molecule has 0 saturated carbocycles. The van der Waals surface area contributed by atoms with Crippen LogP contribution in [0.2, 0.25) is 0 Å². The largest absolute Gasteiger partial charge is 0.493 e. The van der Waals surface area contributed by atoms with Crippen molar-refractivity contribution < 1.29 is 33.0 Å². The predicted molar refractivity (Wildman–Crippen MR) is 141 cm³/mol. The Morgan fingerprint density at radius 2 is 1.67 bits per heavy atom. The second-order valence-corrected chi connectivity index (χ2v) is 9.21. The van der Waals surface area contributed by atoms with Crippen LogP contribution in [0.5, 0.6) is 11.5 Å². The molecule has 1 atom stereocenters. The molecule has 2 aromatic carbocycles. The van der Waals surface area contributed by atoms with Gasteiger partial charge in [-0.25, -0.2) is 14.0 Å². The Labute approximate surface area is 226 Å². The number of rotatable bonds is 8. The van der Waals surface area contributed by atoms with E-state index in [1.165, 1.54) is 43.4 Å². The maximum atomic E-state index is 13.3. The van der Waals surface area contributed by atoms with E-state index >= 15 is 0 Å². The molecular weight excluding hydrogens is 507 g/mol. The number of nitrogens with one attached hydrogen (secondary N) is 1. The summed E-state index contributed by atoms with van der Waals surface area (Å²) in [6.45, 7) is 4.18. The Kier molecular flexibility index (Phi) is 8.70. The molecule has 208 valence electrons. The fraction of sp³-hybridized carbons (Fsp3) is 0.393. The van der Waals surface area contributed by atoms with Gasteiger partial charge in [0.05, 0.1) is 32.4 Å². The van der Waals surface area contributed by atoms with Crippen LogP contribution in [0.25, 0.3) is 0 Å². The van der Waals surface area contributed by atoms with Gasteiger partial charge in [-0.15, -0.1) is 0 Å². The smallest absolute Gasteiger partial charge is 0.338 e. The second-order valence-electron chi connectivity index (χ2n) is 9.21. The molecular formula is C28H33FN4O6. The van der Waals surface area contributed by atoms with Crippen molar-refractivity contribution in [3.8, 4) is 11.5 Å². The highest BCUT2D eigenvalue weighted by Crippen LogP contribution is 2.36. The molecule has 2 aromatic rings. The maximum absolute atomic E-state index is 13.3. The fourth-order valence-electron chi connectivity index (χ4n) is 4.78. The van der Waals surface area contributed by atoms with Crippen molar-refractivity contribution >= 4 is 17.9 Å². The number of nitrogens with zero attached hydrogens (tertiary/aromatic N) is 3. The van der Waals surface area contributed by atoms with E-state index in [0.29, 0.717) is 66.6 Å². The van der Waals surface area contributed by atoms with Gasteiger partial charge in [0, 0.05) is 51.0 Å². The lowest BCUT2D eigenvalue weighted by atomic mass is 9.94. The number of carbonyl (C=O) groups is 3. The Hall–Kier alpha value is -4.12. The number of benzene rings is 2. The predicted octanol–water partition coefficient (Wildman–Crippen LogP) is 2.81. The summed E-state index contributed by atoms with van der Waals surface area (Å²) in [4.78, 5) is 44.4. The van der Waals surface area contributed by atoms with Crippen molar-refractivity contribution in [3.63, 3.8) is 0 Å². The molecule has 1 saturated heterocycles. The molecule has 0 bridgehead atoms. The van der Waals surface area contributed by atoms with Crippen LogP contribution in [-0.4, -0.2) is 93.2 Å². The Morgan fingerprint density at radius 1 is 1.00 bits per heavy atom. The molecule has 3 amide bonds. The number of amides is 3. The molecule has 4 rings (SSSR count). The summed E-state index contributed by atoms with van der Waals surface area (Å²) < 4.78 is 29.4. The lowest BCUT2D eigenvalue weighted by molar-refractivity contribution is -0.139. The Bertz CT molecular complexity index is 1260. The highest BCUT2D eigenvalue weighted by molar-refractivity contribution is 5.95. The summed E-state index contributed by atoms with van der Waals surface area (Å²) in [7, 11) is 4.66. The summed E-state index contributed by atoms with van der Waals surface area (Å²) in [5.74, 6) is -0.0904. The standard InChI is InChI=1S/C28H33FN4O6/c1-5-39-27(35)24-21(17-32-12-14-33(15-13-32)26(34)18-6-9-20(29)10-7-18)31(2)28(36)30-25(24)19-8-11-22(37-3)23(16-19)38-4/h6-11,16,25H,5,12-15,17H2,1-4H3,(H,30,36). The molecule has 39 heavy (non-hydrogen) atoms. The van der Waals surface area contributed by atoms with E-state index in [1.807, 2.05) is 0 Å². The quantitative estimate of drug-likeness (QED) is 0.514. The SMILES string of the molecule is CCOC(=O)C1=C(CN2CCN(C(=O)c3ccc(F)cc3)CC2)N(C)C(=O)NC1c1ccc(OC)c(OC)c1. The summed E-state index contributed by atoms with van der Waals surface area (Å²) >= 11 is 0. The van der Waals surface area contributed by atoms with Crippen LogP contribution in [0, 0.1) is 5.82 Å². The minimum atomic E-state index is -0.760. The third-order valence-electron chi connectivity index (χ3n) is 6.94. The highest BCUT2D eigenvalue weighted by atomic mass is 19.1. The minimum absolute atomic E-state index is 0.163. The van der Waals surface area contributed by atoms with Gasteiger partial charge in [0.1, 0.15) is 5.82 Å². The number of hydrogen-bond donors (Lipinski definition) is 1. The number of ether oxygens (including phenoxy) is 3. The zero-order chi connectivity index (χ0) is 28.1. The molecule has 1 unspecified atom stereocenters. The Balaban J connectivity index is 1.59. The van der Waals surface area contributed by atoms with Crippen molar-refractivity contribution in [2.24, 2.45) is 0 Å². The average Bonchev–Trinajstić information content (AvgIpc) is 2.95. The number of hydrogen-bond acceptors (Lipinski definition) is 7. The van der Waals surface area contributed by atoms with Crippen molar-refractivity contribution in [1.82, 2.24) is 20.0 Å². The number of esters is 1. The molecule has 1 N–H and O–H groups in total. The number of halogens is 1. The van der Waals surface area contributed by atoms with Gasteiger partial charge in [0.2, 0.25) is 0 Å². The van der Waals surface area contributed by atoms with Gasteiger partial charge in [0.25, 0.3) is 5.91 Å². The first kappa shape index (κ1) is 27.9. The van der Waals surface area contributed by atoms with Gasteiger partial charge < -0.3 is 24.4 Å². The molecule has 0 aliphatic carbocycles. The van der Waals surface area contributed by atoms with Gasteiger partial charge in [-0.2, -0.15) is 0 Å². The van der Waals surface area contributed by atoms with E-state index in [4.69, 9.17) is 14.2 Å². The van der Waals surface area contributed by atoms with Crippen LogP contribution < -0.4 is 14.8 Å². The van der Waals surface area contributed by atoms with Crippen LogP contribution in [0.15, 0.2) is 53.7 Å². The molecule has 1 fully saturated rings. The van der Waals surface area contributed by atoms with Gasteiger partial charge in [-0.1, -0.05) is 6.07 Å². The number of likely N-dealkylation sites (N-methyl/N-ethyl adjacent to an activating group) is 1. The Morgan fingerprint density at radius 3 is 2.28 bits per heavy atom. The van der Waals surface area contributed by atoms with Gasteiger partial charge in [0.15, 0.2) is 11.5 Å². The van der Waals surface area contributed by atoms with Crippen LogP contribution >= 0.6 is 0 Å². The first-order valence-corrected chi connectivity index (χ1v) is 12.7. The summed E-state index contributed by atoms with van der Waals surface area (Å²) in [5, 5.41) is 2.91. The normalized spacial score (nSPS) is 18.1. The highest BCUT2D eigenvalue weighted by Gasteiger charge is 2.38. The molecule has 2 aliphatic rings. The van der Waals surface area contributed by atoms with Gasteiger partial charge in [-0.3, -0.25) is 14.6 Å². The summed E-state index contributed by atoms with van der Waals surface area (Å²) in [5.41, 5.74) is 1.93. The van der Waals surface area contributed by atoms with Crippen LogP contribution in [0.4, 0.5) is 9.18 Å².